The van der Waals surface area contributed by atoms with Gasteiger partial charge in [0.25, 0.3) is 0 Å². The highest BCUT2D eigenvalue weighted by atomic mass is 19.1. The Bertz CT molecular complexity index is 1060. The smallest absolute Gasteiger partial charge is 0.335 e. The van der Waals surface area contributed by atoms with Gasteiger partial charge < -0.3 is 9.84 Å². The fourth-order valence-corrected chi connectivity index (χ4v) is 6.70. The minimum Gasteiger partial charge on any atom is -0.462 e. The fraction of sp³-hybridized carbons (Fsp3) is 0.571. The van der Waals surface area contributed by atoms with Gasteiger partial charge >= 0.3 is 5.97 Å². The number of aliphatic hydroxyl groups excluding tert-OH is 1. The molecule has 2 aromatic carbocycles. The van der Waals surface area contributed by atoms with Gasteiger partial charge in [0.05, 0.1) is 18.8 Å². The molecule has 2 fully saturated rings. The molecule has 0 spiro atoms. The lowest BCUT2D eigenvalue weighted by atomic mass is 9.76. The number of carbonyl (C=O) groups excluding carboxylic acids is 1. The minimum absolute atomic E-state index is 0.0870. The Kier molecular flexibility index (Phi) is 11.2. The Morgan fingerprint density at radius 1 is 0.872 bits per heavy atom. The molecule has 0 radical (unpaired) electrons. The van der Waals surface area contributed by atoms with Gasteiger partial charge in [0, 0.05) is 0 Å². The maximum atomic E-state index is 15.2. The molecule has 2 aromatic rings. The van der Waals surface area contributed by atoms with Gasteiger partial charge in [0.15, 0.2) is 0 Å². The number of hydrogen-bond acceptors (Lipinski definition) is 3. The van der Waals surface area contributed by atoms with Gasteiger partial charge in [0.2, 0.25) is 0 Å². The number of ether oxygens (including phenoxy) is 1. The normalized spacial score (nSPS) is 23.4. The van der Waals surface area contributed by atoms with Gasteiger partial charge in [-0.2, -0.15) is 0 Å². The average Bonchev–Trinajstić information content (AvgIpc) is 2.97. The summed E-state index contributed by atoms with van der Waals surface area (Å²) in [7, 11) is 0. The number of benzene rings is 2. The van der Waals surface area contributed by atoms with Crippen LogP contribution in [0.3, 0.4) is 0 Å². The number of carbonyl (C=O) groups is 1. The molecule has 1 N–H and O–H groups in total. The van der Waals surface area contributed by atoms with E-state index in [-0.39, 0.29) is 23.9 Å². The van der Waals surface area contributed by atoms with Crippen LogP contribution in [0.4, 0.5) is 4.39 Å². The van der Waals surface area contributed by atoms with Crippen LogP contribution < -0.4 is 0 Å². The van der Waals surface area contributed by atoms with Crippen molar-refractivity contribution < 1.29 is 19.0 Å². The first-order valence-corrected chi connectivity index (χ1v) is 15.3. The van der Waals surface area contributed by atoms with Gasteiger partial charge in [-0.3, -0.25) is 0 Å². The molecule has 0 heterocycles. The summed E-state index contributed by atoms with van der Waals surface area (Å²) < 4.78 is 20.4. The molecule has 0 bridgehead atoms. The van der Waals surface area contributed by atoms with E-state index < -0.39 is 5.97 Å². The molecule has 0 saturated heterocycles. The van der Waals surface area contributed by atoms with Crippen molar-refractivity contribution in [3.63, 3.8) is 0 Å². The molecular weight excluding hydrogens is 487 g/mol. The highest BCUT2D eigenvalue weighted by Gasteiger charge is 2.25. The molecule has 4 rings (SSSR count). The maximum absolute atomic E-state index is 15.2. The standard InChI is InChI=1S/C35H47FO3/c1-3-4-5-6-26-7-11-28(12-8-26)29-15-17-30(18-16-29)32-19-20-33(34(36)23-32)31-13-9-27(10-14-31)21-22-39-35(38)25(2)24-37/h15-20,23,26-28,31,37H,2-14,21-22,24H2,1H3. The van der Waals surface area contributed by atoms with Crippen LogP contribution in [-0.2, 0) is 9.53 Å². The summed E-state index contributed by atoms with van der Waals surface area (Å²) in [6, 6.07) is 14.7. The van der Waals surface area contributed by atoms with E-state index in [0.717, 1.165) is 54.7 Å². The summed E-state index contributed by atoms with van der Waals surface area (Å²) in [5.74, 6) is 1.69. The Morgan fingerprint density at radius 2 is 1.49 bits per heavy atom. The third kappa shape index (κ3) is 8.27. The van der Waals surface area contributed by atoms with Gasteiger partial charge in [-0.1, -0.05) is 75.6 Å². The van der Waals surface area contributed by atoms with Gasteiger partial charge in [0.1, 0.15) is 5.82 Å². The Morgan fingerprint density at radius 3 is 2.10 bits per heavy atom. The molecule has 2 aliphatic rings. The first-order valence-electron chi connectivity index (χ1n) is 15.3. The zero-order valence-corrected chi connectivity index (χ0v) is 23.8. The number of unbranched alkanes of at least 4 members (excludes halogenated alkanes) is 2. The molecule has 0 unspecified atom stereocenters. The topological polar surface area (TPSA) is 46.5 Å². The maximum Gasteiger partial charge on any atom is 0.335 e. The van der Waals surface area contributed by atoms with Crippen molar-refractivity contribution in [1.82, 2.24) is 0 Å². The molecule has 2 saturated carbocycles. The molecule has 4 heteroatoms. The first kappa shape index (κ1) is 29.5. The summed E-state index contributed by atoms with van der Waals surface area (Å²) >= 11 is 0. The molecule has 0 aromatic heterocycles. The number of halogens is 1. The highest BCUT2D eigenvalue weighted by molar-refractivity contribution is 5.87. The third-order valence-electron chi connectivity index (χ3n) is 9.30. The van der Waals surface area contributed by atoms with Crippen molar-refractivity contribution in [3.8, 4) is 11.1 Å². The SMILES string of the molecule is C=C(CO)C(=O)OCCC1CCC(c2ccc(-c3ccc(C4CCC(CCCCC)CC4)cc3)cc2F)CC1. The molecule has 3 nitrogen and oxygen atoms in total. The van der Waals surface area contributed by atoms with Crippen LogP contribution in [-0.4, -0.2) is 24.3 Å². The van der Waals surface area contributed by atoms with Gasteiger partial charge in [-0.15, -0.1) is 0 Å². The van der Waals surface area contributed by atoms with Crippen LogP contribution in [0.25, 0.3) is 11.1 Å². The molecular formula is C35H47FO3. The van der Waals surface area contributed by atoms with E-state index in [2.05, 4.69) is 43.8 Å². The predicted molar refractivity (Wildman–Crippen MR) is 157 cm³/mol. The molecule has 39 heavy (non-hydrogen) atoms. The van der Waals surface area contributed by atoms with Crippen LogP contribution in [0.2, 0.25) is 0 Å². The van der Waals surface area contributed by atoms with Gasteiger partial charge in [-0.05, 0) is 110 Å². The molecule has 0 amide bonds. The summed E-state index contributed by atoms with van der Waals surface area (Å²) in [6.07, 6.45) is 15.5. The minimum atomic E-state index is -0.525. The zero-order chi connectivity index (χ0) is 27.6. The highest BCUT2D eigenvalue weighted by Crippen LogP contribution is 2.40. The van der Waals surface area contributed by atoms with Crippen LogP contribution in [0.5, 0.6) is 0 Å². The van der Waals surface area contributed by atoms with Crippen molar-refractivity contribution in [1.29, 1.82) is 0 Å². The molecule has 212 valence electrons. The lowest BCUT2D eigenvalue weighted by molar-refractivity contribution is -0.139. The lowest BCUT2D eigenvalue weighted by Gasteiger charge is -2.29. The van der Waals surface area contributed by atoms with E-state index in [1.165, 1.54) is 56.9 Å². The largest absolute Gasteiger partial charge is 0.462 e. The average molecular weight is 535 g/mol. The van der Waals surface area contributed by atoms with Crippen molar-refractivity contribution in [2.45, 2.75) is 102 Å². The second kappa shape index (κ2) is 14.8. The fourth-order valence-electron chi connectivity index (χ4n) is 6.70. The van der Waals surface area contributed by atoms with Crippen molar-refractivity contribution in [3.05, 3.63) is 71.6 Å². The summed E-state index contributed by atoms with van der Waals surface area (Å²) in [4.78, 5) is 11.6. The van der Waals surface area contributed by atoms with E-state index in [1.807, 2.05) is 6.07 Å². The number of aliphatic hydroxyl groups is 1. The van der Waals surface area contributed by atoms with Gasteiger partial charge in [-0.25, -0.2) is 9.18 Å². The van der Waals surface area contributed by atoms with E-state index in [4.69, 9.17) is 9.84 Å². The number of esters is 1. The van der Waals surface area contributed by atoms with E-state index in [9.17, 15) is 4.79 Å². The number of hydrogen-bond donors (Lipinski definition) is 1. The Balaban J connectivity index is 1.25. The quantitative estimate of drug-likeness (QED) is 0.168. The first-order chi connectivity index (χ1) is 19.0. The van der Waals surface area contributed by atoms with E-state index in [1.54, 1.807) is 6.07 Å². The summed E-state index contributed by atoms with van der Waals surface area (Å²) in [5.41, 5.74) is 4.38. The summed E-state index contributed by atoms with van der Waals surface area (Å²) in [6.45, 7) is 5.74. The second-order valence-corrected chi connectivity index (χ2v) is 12.0. The summed E-state index contributed by atoms with van der Waals surface area (Å²) in [5, 5.41) is 8.96. The van der Waals surface area contributed by atoms with E-state index in [0.29, 0.717) is 18.4 Å². The monoisotopic (exact) mass is 534 g/mol. The molecule has 0 aliphatic heterocycles. The molecule has 0 atom stereocenters. The van der Waals surface area contributed by atoms with Crippen LogP contribution in [0, 0.1) is 17.7 Å². The van der Waals surface area contributed by atoms with Crippen LogP contribution in [0.15, 0.2) is 54.6 Å². The van der Waals surface area contributed by atoms with Crippen molar-refractivity contribution in [2.24, 2.45) is 11.8 Å². The Labute approximate surface area is 234 Å². The van der Waals surface area contributed by atoms with Crippen LogP contribution >= 0.6 is 0 Å². The number of rotatable bonds is 12. The Hall–Kier alpha value is -2.46. The lowest BCUT2D eigenvalue weighted by Crippen LogP contribution is -2.17. The third-order valence-corrected chi connectivity index (χ3v) is 9.30. The molecule has 2 aliphatic carbocycles. The second-order valence-electron chi connectivity index (χ2n) is 12.0. The predicted octanol–water partition coefficient (Wildman–Crippen LogP) is 9.10. The zero-order valence-electron chi connectivity index (χ0n) is 23.8. The van der Waals surface area contributed by atoms with Crippen molar-refractivity contribution in [2.75, 3.05) is 13.2 Å². The van der Waals surface area contributed by atoms with Crippen molar-refractivity contribution >= 4 is 5.97 Å². The van der Waals surface area contributed by atoms with Crippen LogP contribution in [0.1, 0.15) is 113 Å². The van der Waals surface area contributed by atoms with E-state index >= 15 is 4.39 Å².